The highest BCUT2D eigenvalue weighted by Crippen LogP contribution is 2.55. The van der Waals surface area contributed by atoms with Crippen LogP contribution in [0.5, 0.6) is 5.75 Å². The molecule has 0 bridgehead atoms. The van der Waals surface area contributed by atoms with Gasteiger partial charge in [-0.15, -0.1) is 6.58 Å². The van der Waals surface area contributed by atoms with Crippen molar-refractivity contribution < 1.29 is 19.4 Å². The standard InChI is InChI=1S/C31H40N2O4/c1-5-17-32-18-16-30(26-12-9-13-28(35)19-26)20-27(14-15-31(30,22-32)37-24(4)34)33(21-23(2)3)29(36)25-10-7-6-8-11-25/h5-13,19,23,27,35H,1,14-18,20-22H2,2-4H3. The van der Waals surface area contributed by atoms with Crippen molar-refractivity contribution in [2.24, 2.45) is 5.92 Å². The molecule has 6 nitrogen and oxygen atoms in total. The van der Waals surface area contributed by atoms with Gasteiger partial charge < -0.3 is 14.7 Å². The number of benzene rings is 2. The summed E-state index contributed by atoms with van der Waals surface area (Å²) in [6.07, 6.45) is 4.68. The zero-order valence-electron chi connectivity index (χ0n) is 22.4. The molecule has 1 amide bonds. The van der Waals surface area contributed by atoms with Crippen molar-refractivity contribution in [1.29, 1.82) is 0 Å². The molecule has 2 fully saturated rings. The van der Waals surface area contributed by atoms with E-state index in [0.29, 0.717) is 44.0 Å². The van der Waals surface area contributed by atoms with Crippen molar-refractivity contribution in [1.82, 2.24) is 9.80 Å². The van der Waals surface area contributed by atoms with Gasteiger partial charge in [0.2, 0.25) is 0 Å². The van der Waals surface area contributed by atoms with Crippen LogP contribution >= 0.6 is 0 Å². The smallest absolute Gasteiger partial charge is 0.303 e. The largest absolute Gasteiger partial charge is 0.508 e. The molecule has 1 saturated heterocycles. The Balaban J connectivity index is 1.80. The first-order valence-corrected chi connectivity index (χ1v) is 13.4. The Hall–Kier alpha value is -3.12. The van der Waals surface area contributed by atoms with Gasteiger partial charge in [0.05, 0.1) is 0 Å². The van der Waals surface area contributed by atoms with Crippen LogP contribution in [0.25, 0.3) is 0 Å². The van der Waals surface area contributed by atoms with E-state index in [0.717, 1.165) is 24.9 Å². The second-order valence-corrected chi connectivity index (χ2v) is 11.1. The highest BCUT2D eigenvalue weighted by molar-refractivity contribution is 5.94. The molecule has 0 spiro atoms. The van der Waals surface area contributed by atoms with Gasteiger partial charge in [0.25, 0.3) is 5.91 Å². The van der Waals surface area contributed by atoms with E-state index in [-0.39, 0.29) is 23.7 Å². The number of esters is 1. The van der Waals surface area contributed by atoms with Crippen LogP contribution in [0.4, 0.5) is 0 Å². The van der Waals surface area contributed by atoms with Crippen molar-refractivity contribution >= 4 is 11.9 Å². The second-order valence-electron chi connectivity index (χ2n) is 11.1. The minimum atomic E-state index is -0.760. The van der Waals surface area contributed by atoms with Gasteiger partial charge in [0.15, 0.2) is 0 Å². The molecule has 2 aliphatic rings. The summed E-state index contributed by atoms with van der Waals surface area (Å²) >= 11 is 0. The lowest BCUT2D eigenvalue weighted by Crippen LogP contribution is -2.68. The normalized spacial score (nSPS) is 25.8. The Bertz CT molecular complexity index is 1120. The minimum Gasteiger partial charge on any atom is -0.508 e. The van der Waals surface area contributed by atoms with Gasteiger partial charge in [-0.2, -0.15) is 0 Å². The van der Waals surface area contributed by atoms with Crippen LogP contribution in [0.2, 0.25) is 0 Å². The summed E-state index contributed by atoms with van der Waals surface area (Å²) in [5.74, 6) is 0.231. The maximum Gasteiger partial charge on any atom is 0.303 e. The SMILES string of the molecule is C=CCN1CCC2(c3cccc(O)c3)CC(N(CC(C)C)C(=O)c3ccccc3)CCC2(OC(C)=O)C1. The van der Waals surface area contributed by atoms with Gasteiger partial charge >= 0.3 is 5.97 Å². The molecule has 37 heavy (non-hydrogen) atoms. The number of fused-ring (bicyclic) bond motifs is 1. The van der Waals surface area contributed by atoms with Crippen LogP contribution < -0.4 is 0 Å². The number of aromatic hydroxyl groups is 1. The molecule has 3 unspecified atom stereocenters. The van der Waals surface area contributed by atoms with Crippen LogP contribution in [0.3, 0.4) is 0 Å². The lowest BCUT2D eigenvalue weighted by molar-refractivity contribution is -0.188. The number of likely N-dealkylation sites (tertiary alicyclic amines) is 1. The summed E-state index contributed by atoms with van der Waals surface area (Å²) in [5.41, 5.74) is 0.356. The second kappa shape index (κ2) is 11.1. The average Bonchev–Trinajstić information content (AvgIpc) is 2.87. The van der Waals surface area contributed by atoms with E-state index in [2.05, 4.69) is 25.3 Å². The highest BCUT2D eigenvalue weighted by atomic mass is 16.6. The monoisotopic (exact) mass is 504 g/mol. The summed E-state index contributed by atoms with van der Waals surface area (Å²) in [6, 6.07) is 16.8. The molecular weight excluding hydrogens is 464 g/mol. The number of nitrogens with zero attached hydrogens (tertiary/aromatic N) is 2. The maximum atomic E-state index is 13.8. The number of ether oxygens (including phenoxy) is 1. The van der Waals surface area contributed by atoms with Crippen molar-refractivity contribution in [2.75, 3.05) is 26.2 Å². The van der Waals surface area contributed by atoms with Crippen molar-refractivity contribution in [3.05, 3.63) is 78.4 Å². The zero-order valence-corrected chi connectivity index (χ0v) is 22.4. The van der Waals surface area contributed by atoms with Crippen molar-refractivity contribution in [2.45, 2.75) is 63.5 Å². The molecule has 1 aliphatic heterocycles. The number of phenols is 1. The molecule has 0 radical (unpaired) electrons. The molecule has 4 rings (SSSR count). The Kier molecular flexibility index (Phi) is 8.08. The van der Waals surface area contributed by atoms with Crippen LogP contribution in [0, 0.1) is 5.92 Å². The van der Waals surface area contributed by atoms with E-state index >= 15 is 0 Å². The number of hydrogen-bond acceptors (Lipinski definition) is 5. The fraction of sp³-hybridized carbons (Fsp3) is 0.484. The molecular formula is C31H40N2O4. The first-order chi connectivity index (χ1) is 17.7. The van der Waals surface area contributed by atoms with Crippen molar-refractivity contribution in [3.8, 4) is 5.75 Å². The fourth-order valence-electron chi connectivity index (χ4n) is 6.61. The van der Waals surface area contributed by atoms with Gasteiger partial charge in [-0.05, 0) is 68.0 Å². The Morgan fingerprint density at radius 1 is 1.19 bits per heavy atom. The fourth-order valence-corrected chi connectivity index (χ4v) is 6.61. The first kappa shape index (κ1) is 26.9. The summed E-state index contributed by atoms with van der Waals surface area (Å²) in [7, 11) is 0. The zero-order chi connectivity index (χ0) is 26.6. The molecule has 2 aromatic rings. The topological polar surface area (TPSA) is 70.1 Å². The maximum absolute atomic E-state index is 13.8. The summed E-state index contributed by atoms with van der Waals surface area (Å²) in [5, 5.41) is 10.5. The summed E-state index contributed by atoms with van der Waals surface area (Å²) in [6.45, 7) is 12.4. The van der Waals surface area contributed by atoms with Gasteiger partial charge in [0.1, 0.15) is 11.4 Å². The minimum absolute atomic E-state index is 0.0212. The van der Waals surface area contributed by atoms with E-state index in [4.69, 9.17) is 4.74 Å². The van der Waals surface area contributed by atoms with E-state index in [1.165, 1.54) is 6.92 Å². The van der Waals surface area contributed by atoms with Crippen LogP contribution in [0.1, 0.15) is 62.4 Å². The molecule has 6 heteroatoms. The molecule has 1 heterocycles. The summed E-state index contributed by atoms with van der Waals surface area (Å²) in [4.78, 5) is 30.7. The third-order valence-electron chi connectivity index (χ3n) is 8.08. The molecule has 0 aromatic heterocycles. The Labute approximate surface area is 220 Å². The lowest BCUT2D eigenvalue weighted by atomic mass is 9.54. The first-order valence-electron chi connectivity index (χ1n) is 13.4. The number of rotatable bonds is 8. The number of carbonyl (C=O) groups excluding carboxylic acids is 2. The van der Waals surface area contributed by atoms with E-state index in [1.807, 2.05) is 59.5 Å². The predicted molar refractivity (Wildman–Crippen MR) is 145 cm³/mol. The summed E-state index contributed by atoms with van der Waals surface area (Å²) < 4.78 is 6.31. The Morgan fingerprint density at radius 2 is 1.95 bits per heavy atom. The molecule has 1 aliphatic carbocycles. The van der Waals surface area contributed by atoms with Crippen LogP contribution in [-0.4, -0.2) is 64.6 Å². The molecule has 3 atom stereocenters. The third-order valence-corrected chi connectivity index (χ3v) is 8.08. The van der Waals surface area contributed by atoms with E-state index in [9.17, 15) is 14.7 Å². The molecule has 1 N–H and O–H groups in total. The van der Waals surface area contributed by atoms with Gasteiger partial charge in [-0.1, -0.05) is 50.3 Å². The average molecular weight is 505 g/mol. The van der Waals surface area contributed by atoms with Crippen LogP contribution in [-0.2, 0) is 14.9 Å². The predicted octanol–water partition coefficient (Wildman–Crippen LogP) is 5.17. The number of piperidine rings is 1. The molecule has 1 saturated carbocycles. The highest BCUT2D eigenvalue weighted by Gasteiger charge is 2.61. The lowest BCUT2D eigenvalue weighted by Gasteiger charge is -2.60. The number of phenolic OH excluding ortho intramolecular Hbond substituents is 1. The number of amides is 1. The van der Waals surface area contributed by atoms with E-state index < -0.39 is 11.0 Å². The van der Waals surface area contributed by atoms with E-state index in [1.54, 1.807) is 6.07 Å². The van der Waals surface area contributed by atoms with Gasteiger partial charge in [-0.3, -0.25) is 14.5 Å². The van der Waals surface area contributed by atoms with Crippen LogP contribution in [0.15, 0.2) is 67.3 Å². The quantitative estimate of drug-likeness (QED) is 0.397. The van der Waals surface area contributed by atoms with Gasteiger partial charge in [-0.25, -0.2) is 0 Å². The number of hydrogen-bond donors (Lipinski definition) is 1. The van der Waals surface area contributed by atoms with Gasteiger partial charge in [0, 0.05) is 43.6 Å². The van der Waals surface area contributed by atoms with Crippen molar-refractivity contribution in [3.63, 3.8) is 0 Å². The molecule has 198 valence electrons. The Morgan fingerprint density at radius 3 is 2.59 bits per heavy atom. The molecule has 2 aromatic carbocycles. The number of carbonyl (C=O) groups is 2. The third kappa shape index (κ3) is 5.45.